The van der Waals surface area contributed by atoms with E-state index in [0.717, 1.165) is 11.3 Å². The van der Waals surface area contributed by atoms with E-state index in [1.807, 2.05) is 19.1 Å². The van der Waals surface area contributed by atoms with Gasteiger partial charge in [-0.05, 0) is 43.7 Å². The van der Waals surface area contributed by atoms with Gasteiger partial charge in [-0.3, -0.25) is 14.2 Å². The summed E-state index contributed by atoms with van der Waals surface area (Å²) >= 11 is 7.29. The first-order valence-corrected chi connectivity index (χ1v) is 10.8. The molecule has 0 spiro atoms. The Morgan fingerprint density at radius 1 is 1.23 bits per heavy atom. The third-order valence-electron chi connectivity index (χ3n) is 4.40. The molecule has 1 N–H and O–H groups in total. The fourth-order valence-corrected chi connectivity index (χ4v) is 4.30. The van der Waals surface area contributed by atoms with Gasteiger partial charge in [-0.1, -0.05) is 41.9 Å². The number of benzene rings is 2. The highest BCUT2D eigenvalue weighted by atomic mass is 35.5. The molecule has 158 valence electrons. The fourth-order valence-electron chi connectivity index (χ4n) is 2.96. The molecular weight excluding hydrogens is 434 g/mol. The van der Waals surface area contributed by atoms with Gasteiger partial charge in [0.15, 0.2) is 5.57 Å². The number of anilines is 1. The van der Waals surface area contributed by atoms with Gasteiger partial charge >= 0.3 is 0 Å². The Morgan fingerprint density at radius 2 is 1.94 bits per heavy atom. The second-order valence-corrected chi connectivity index (χ2v) is 7.79. The lowest BCUT2D eigenvalue weighted by molar-refractivity contribution is -0.111. The highest BCUT2D eigenvalue weighted by Gasteiger charge is 2.17. The molecule has 31 heavy (non-hydrogen) atoms. The van der Waals surface area contributed by atoms with Crippen LogP contribution in [0.2, 0.25) is 5.02 Å². The summed E-state index contributed by atoms with van der Waals surface area (Å²) < 4.78 is 7.62. The van der Waals surface area contributed by atoms with Crippen LogP contribution in [0.3, 0.4) is 0 Å². The van der Waals surface area contributed by atoms with Crippen molar-refractivity contribution in [3.05, 3.63) is 78.7 Å². The lowest BCUT2D eigenvalue weighted by atomic mass is 10.2. The number of nitriles is 1. The summed E-state index contributed by atoms with van der Waals surface area (Å²) in [7, 11) is 0. The van der Waals surface area contributed by atoms with Gasteiger partial charge in [-0.25, -0.2) is 0 Å². The van der Waals surface area contributed by atoms with Crippen LogP contribution in [0, 0.1) is 11.3 Å². The summed E-state index contributed by atoms with van der Waals surface area (Å²) in [4.78, 5) is 25.8. The number of para-hydroxylation sites is 2. The predicted molar refractivity (Wildman–Crippen MR) is 124 cm³/mol. The summed E-state index contributed by atoms with van der Waals surface area (Å²) in [5.74, 6) is -0.107. The number of carbonyl (C=O) groups is 1. The molecule has 1 amide bonds. The summed E-state index contributed by atoms with van der Waals surface area (Å²) in [5, 5.41) is 13.0. The first kappa shape index (κ1) is 22.3. The van der Waals surface area contributed by atoms with E-state index in [-0.39, 0.29) is 11.1 Å². The molecule has 0 saturated carbocycles. The predicted octanol–water partition coefficient (Wildman–Crippen LogP) is 3.12. The topological polar surface area (TPSA) is 84.1 Å². The summed E-state index contributed by atoms with van der Waals surface area (Å²) in [5.41, 5.74) is 0.713. The van der Waals surface area contributed by atoms with Gasteiger partial charge in [0.1, 0.15) is 16.5 Å². The second kappa shape index (κ2) is 10.1. The quantitative estimate of drug-likeness (QED) is 0.621. The number of hydrogen-bond donors (Lipinski definition) is 1. The van der Waals surface area contributed by atoms with E-state index in [9.17, 15) is 14.9 Å². The van der Waals surface area contributed by atoms with Gasteiger partial charge in [0.2, 0.25) is 0 Å². The Morgan fingerprint density at radius 3 is 2.61 bits per heavy atom. The van der Waals surface area contributed by atoms with Crippen LogP contribution in [0.15, 0.2) is 53.3 Å². The number of nitrogens with zero attached hydrogens (tertiary/aromatic N) is 2. The minimum atomic E-state index is -0.609. The molecule has 8 heteroatoms. The molecule has 3 aromatic rings. The van der Waals surface area contributed by atoms with Crippen molar-refractivity contribution in [3.8, 4) is 11.8 Å². The van der Waals surface area contributed by atoms with Gasteiger partial charge < -0.3 is 10.1 Å². The maximum absolute atomic E-state index is 12.9. The number of hydrogen-bond acceptors (Lipinski definition) is 5. The van der Waals surface area contributed by atoms with Crippen molar-refractivity contribution in [3.63, 3.8) is 0 Å². The Hall–Kier alpha value is -3.34. The molecule has 1 heterocycles. The molecule has 3 rings (SSSR count). The van der Waals surface area contributed by atoms with E-state index in [0.29, 0.717) is 44.4 Å². The molecule has 0 aliphatic rings. The van der Waals surface area contributed by atoms with Crippen molar-refractivity contribution in [2.24, 2.45) is 0 Å². The van der Waals surface area contributed by atoms with Crippen LogP contribution >= 0.6 is 22.9 Å². The van der Waals surface area contributed by atoms with Crippen molar-refractivity contribution < 1.29 is 9.53 Å². The Labute approximate surface area is 188 Å². The summed E-state index contributed by atoms with van der Waals surface area (Å²) in [6.45, 7) is 4.38. The molecule has 6 nitrogen and oxygen atoms in total. The zero-order valence-electron chi connectivity index (χ0n) is 17.0. The highest BCUT2D eigenvalue weighted by Crippen LogP contribution is 2.24. The van der Waals surface area contributed by atoms with Crippen molar-refractivity contribution in [2.75, 3.05) is 11.9 Å². The normalized spacial score (nSPS) is 12.3. The molecular formula is C23H20ClN3O3S. The first-order chi connectivity index (χ1) is 15.0. The maximum Gasteiger partial charge on any atom is 0.269 e. The van der Waals surface area contributed by atoms with E-state index in [2.05, 4.69) is 5.32 Å². The summed E-state index contributed by atoms with van der Waals surface area (Å²) in [6.07, 6.45) is 1.67. The molecule has 0 radical (unpaired) electrons. The SMILES string of the molecule is CCOc1ccccc1NC(=O)/C(C#N)=c1\s/c(=C\c2ccccc2Cl)c(=O)n1CC. The van der Waals surface area contributed by atoms with Crippen molar-refractivity contribution >= 4 is 46.2 Å². The minimum Gasteiger partial charge on any atom is -0.492 e. The average molecular weight is 454 g/mol. The summed E-state index contributed by atoms with van der Waals surface area (Å²) in [6, 6.07) is 16.1. The standard InChI is InChI=1S/C23H20ClN3O3S/c1-3-27-22(29)20(13-15-9-5-6-10-17(15)24)31-23(27)16(14-25)21(28)26-18-11-7-8-12-19(18)30-4-2/h5-13H,3-4H2,1-2H3,(H,26,28)/b20-13-,23-16-. The van der Waals surface area contributed by atoms with Crippen LogP contribution in [0.4, 0.5) is 5.69 Å². The lowest BCUT2D eigenvalue weighted by Crippen LogP contribution is -2.33. The second-order valence-electron chi connectivity index (χ2n) is 6.36. The van der Waals surface area contributed by atoms with Crippen LogP contribution in [0.1, 0.15) is 19.4 Å². The van der Waals surface area contributed by atoms with Crippen LogP contribution in [0.25, 0.3) is 11.6 Å². The monoisotopic (exact) mass is 453 g/mol. The van der Waals surface area contributed by atoms with Crippen molar-refractivity contribution in [1.29, 1.82) is 5.26 Å². The van der Waals surface area contributed by atoms with Gasteiger partial charge in [0.05, 0.1) is 16.8 Å². The number of amides is 1. The molecule has 0 atom stereocenters. The van der Waals surface area contributed by atoms with E-state index in [1.54, 1.807) is 55.5 Å². The molecule has 0 aliphatic heterocycles. The van der Waals surface area contributed by atoms with Crippen molar-refractivity contribution in [2.45, 2.75) is 20.4 Å². The van der Waals surface area contributed by atoms with Gasteiger partial charge in [-0.2, -0.15) is 5.26 Å². The first-order valence-electron chi connectivity index (χ1n) is 9.63. The van der Waals surface area contributed by atoms with E-state index in [4.69, 9.17) is 16.3 Å². The molecule has 0 saturated heterocycles. The highest BCUT2D eigenvalue weighted by molar-refractivity contribution is 7.07. The average Bonchev–Trinajstić information content (AvgIpc) is 3.07. The van der Waals surface area contributed by atoms with E-state index >= 15 is 0 Å². The third kappa shape index (κ3) is 4.88. The van der Waals surface area contributed by atoms with Gasteiger partial charge in [-0.15, -0.1) is 11.3 Å². The lowest BCUT2D eigenvalue weighted by Gasteiger charge is -2.10. The number of carbonyl (C=O) groups excluding carboxylic acids is 1. The Balaban J connectivity index is 2.13. The third-order valence-corrected chi connectivity index (χ3v) is 5.88. The van der Waals surface area contributed by atoms with Crippen LogP contribution in [-0.4, -0.2) is 17.1 Å². The van der Waals surface area contributed by atoms with E-state index < -0.39 is 5.91 Å². The number of thiazole rings is 1. The molecule has 1 aromatic heterocycles. The number of nitrogens with one attached hydrogen (secondary N) is 1. The largest absolute Gasteiger partial charge is 0.492 e. The van der Waals surface area contributed by atoms with Gasteiger partial charge in [0.25, 0.3) is 11.5 Å². The fraction of sp³-hybridized carbons (Fsp3) is 0.174. The minimum absolute atomic E-state index is 0.144. The number of aromatic nitrogens is 1. The molecule has 0 bridgehead atoms. The molecule has 0 unspecified atom stereocenters. The zero-order chi connectivity index (χ0) is 22.4. The van der Waals surface area contributed by atoms with Crippen LogP contribution in [0.5, 0.6) is 5.75 Å². The number of halogens is 1. The van der Waals surface area contributed by atoms with Crippen molar-refractivity contribution in [1.82, 2.24) is 4.57 Å². The molecule has 0 aliphatic carbocycles. The number of rotatable bonds is 6. The molecule has 0 fully saturated rings. The Bertz CT molecular complexity index is 1340. The van der Waals surface area contributed by atoms with Crippen LogP contribution < -0.4 is 24.8 Å². The zero-order valence-corrected chi connectivity index (χ0v) is 18.6. The van der Waals surface area contributed by atoms with Gasteiger partial charge in [0, 0.05) is 11.6 Å². The number of ether oxygens (including phenoxy) is 1. The smallest absolute Gasteiger partial charge is 0.269 e. The van der Waals surface area contributed by atoms with Crippen LogP contribution in [-0.2, 0) is 11.3 Å². The Kier molecular flexibility index (Phi) is 7.29. The maximum atomic E-state index is 12.9. The molecule has 2 aromatic carbocycles. The van der Waals surface area contributed by atoms with E-state index in [1.165, 1.54) is 4.57 Å².